The molecule has 1 aromatic rings. The molecule has 0 unspecified atom stereocenters. The van der Waals surface area contributed by atoms with Crippen LogP contribution in [0, 0.1) is 11.7 Å². The highest BCUT2D eigenvalue weighted by Gasteiger charge is 2.32. The number of nitrogens with one attached hydrogen (secondary N) is 1. The largest absolute Gasteiger partial charge is 0.416 e. The van der Waals surface area contributed by atoms with Gasteiger partial charge in [0.25, 0.3) is 0 Å². The zero-order chi connectivity index (χ0) is 13.3. The minimum Gasteiger partial charge on any atom is -0.316 e. The van der Waals surface area contributed by atoms with Crippen LogP contribution in [0.15, 0.2) is 18.2 Å². The second kappa shape index (κ2) is 4.88. The van der Waals surface area contributed by atoms with Gasteiger partial charge in [-0.3, -0.25) is 0 Å². The maximum absolute atomic E-state index is 13.8. The van der Waals surface area contributed by atoms with Crippen molar-refractivity contribution in [2.75, 3.05) is 13.1 Å². The van der Waals surface area contributed by atoms with E-state index >= 15 is 0 Å². The summed E-state index contributed by atoms with van der Waals surface area (Å²) >= 11 is 0. The summed E-state index contributed by atoms with van der Waals surface area (Å²) in [4.78, 5) is 0. The standard InChI is InChI=1S/C13H15F4N/c1-8-7-18-5-4-10(8)11-3-2-9(6-12(11)14)13(15,16)17/h2-3,6,8,10,18H,4-5,7H2,1H3/t8-,10+/m1/s1. The van der Waals surface area contributed by atoms with E-state index in [0.29, 0.717) is 11.6 Å². The maximum atomic E-state index is 13.8. The van der Waals surface area contributed by atoms with E-state index in [9.17, 15) is 17.6 Å². The molecule has 1 N–H and O–H groups in total. The van der Waals surface area contributed by atoms with Crippen LogP contribution in [0.25, 0.3) is 0 Å². The summed E-state index contributed by atoms with van der Waals surface area (Å²) < 4.78 is 51.1. The van der Waals surface area contributed by atoms with Gasteiger partial charge in [0.05, 0.1) is 5.56 Å². The molecule has 1 aliphatic rings. The van der Waals surface area contributed by atoms with Crippen molar-refractivity contribution in [2.24, 2.45) is 5.92 Å². The van der Waals surface area contributed by atoms with E-state index in [2.05, 4.69) is 5.32 Å². The number of benzene rings is 1. The van der Waals surface area contributed by atoms with Gasteiger partial charge < -0.3 is 5.32 Å². The summed E-state index contributed by atoms with van der Waals surface area (Å²) in [5.41, 5.74) is -0.526. The molecule has 2 atom stereocenters. The van der Waals surface area contributed by atoms with Gasteiger partial charge in [-0.25, -0.2) is 4.39 Å². The molecule has 1 heterocycles. The first-order chi connectivity index (χ1) is 8.39. The lowest BCUT2D eigenvalue weighted by molar-refractivity contribution is -0.137. The van der Waals surface area contributed by atoms with E-state index in [0.717, 1.165) is 25.6 Å². The Labute approximate surface area is 103 Å². The van der Waals surface area contributed by atoms with Crippen molar-refractivity contribution in [1.82, 2.24) is 5.32 Å². The lowest BCUT2D eigenvalue weighted by Gasteiger charge is -2.30. The summed E-state index contributed by atoms with van der Waals surface area (Å²) in [5.74, 6) is -0.526. The molecule has 0 saturated carbocycles. The summed E-state index contributed by atoms with van der Waals surface area (Å²) in [6.07, 6.45) is -3.73. The molecule has 2 rings (SSSR count). The van der Waals surface area contributed by atoms with E-state index in [4.69, 9.17) is 0 Å². The molecule has 0 bridgehead atoms. The van der Waals surface area contributed by atoms with Crippen LogP contribution in [0.3, 0.4) is 0 Å². The third kappa shape index (κ3) is 2.66. The van der Waals surface area contributed by atoms with Crippen LogP contribution in [0.4, 0.5) is 17.6 Å². The van der Waals surface area contributed by atoms with Crippen LogP contribution in [-0.4, -0.2) is 13.1 Å². The average molecular weight is 261 g/mol. The van der Waals surface area contributed by atoms with E-state index in [1.165, 1.54) is 6.07 Å². The normalized spacial score (nSPS) is 25.2. The molecule has 0 amide bonds. The Morgan fingerprint density at radius 1 is 1.28 bits per heavy atom. The highest BCUT2D eigenvalue weighted by Crippen LogP contribution is 2.35. The molecule has 0 aromatic heterocycles. The van der Waals surface area contributed by atoms with Crippen molar-refractivity contribution in [2.45, 2.75) is 25.4 Å². The fourth-order valence-corrected chi connectivity index (χ4v) is 2.48. The molecular weight excluding hydrogens is 246 g/mol. The summed E-state index contributed by atoms with van der Waals surface area (Å²) in [7, 11) is 0. The Kier molecular flexibility index (Phi) is 3.61. The monoisotopic (exact) mass is 261 g/mol. The van der Waals surface area contributed by atoms with Gasteiger partial charge in [0.15, 0.2) is 0 Å². The molecule has 0 spiro atoms. The van der Waals surface area contributed by atoms with Crippen LogP contribution < -0.4 is 5.32 Å². The lowest BCUT2D eigenvalue weighted by atomic mass is 9.82. The SMILES string of the molecule is C[C@@H]1CNCC[C@@H]1c1ccc(C(F)(F)F)cc1F. The Morgan fingerprint density at radius 2 is 2.00 bits per heavy atom. The molecule has 1 saturated heterocycles. The second-order valence-electron chi connectivity index (χ2n) is 4.81. The van der Waals surface area contributed by atoms with Crippen LogP contribution in [0.2, 0.25) is 0 Å². The maximum Gasteiger partial charge on any atom is 0.416 e. The van der Waals surface area contributed by atoms with E-state index in [1.807, 2.05) is 6.92 Å². The fourth-order valence-electron chi connectivity index (χ4n) is 2.48. The number of alkyl halides is 3. The topological polar surface area (TPSA) is 12.0 Å². The van der Waals surface area contributed by atoms with Crippen molar-refractivity contribution in [1.29, 1.82) is 0 Å². The Bertz CT molecular complexity index is 427. The van der Waals surface area contributed by atoms with Crippen molar-refractivity contribution in [3.8, 4) is 0 Å². The first-order valence-corrected chi connectivity index (χ1v) is 5.97. The van der Waals surface area contributed by atoms with E-state index in [1.54, 1.807) is 0 Å². The van der Waals surface area contributed by atoms with Crippen LogP contribution in [-0.2, 0) is 6.18 Å². The van der Waals surface area contributed by atoms with Gasteiger partial charge in [0.1, 0.15) is 5.82 Å². The van der Waals surface area contributed by atoms with Gasteiger partial charge in [0, 0.05) is 0 Å². The molecular formula is C13H15F4N. The van der Waals surface area contributed by atoms with E-state index in [-0.39, 0.29) is 11.8 Å². The fraction of sp³-hybridized carbons (Fsp3) is 0.538. The molecule has 0 aliphatic carbocycles. The Morgan fingerprint density at radius 3 is 2.56 bits per heavy atom. The van der Waals surface area contributed by atoms with Gasteiger partial charge in [-0.1, -0.05) is 13.0 Å². The number of hydrogen-bond donors (Lipinski definition) is 1. The van der Waals surface area contributed by atoms with Crippen LogP contribution in [0.1, 0.15) is 30.4 Å². The van der Waals surface area contributed by atoms with E-state index < -0.39 is 17.6 Å². The van der Waals surface area contributed by atoms with Crippen molar-refractivity contribution in [3.63, 3.8) is 0 Å². The average Bonchev–Trinajstić information content (AvgIpc) is 2.29. The third-order valence-corrected chi connectivity index (χ3v) is 3.51. The third-order valence-electron chi connectivity index (χ3n) is 3.51. The highest BCUT2D eigenvalue weighted by molar-refractivity contribution is 5.29. The minimum absolute atomic E-state index is 0.00599. The summed E-state index contributed by atoms with van der Waals surface area (Å²) in [6, 6.07) is 2.85. The lowest BCUT2D eigenvalue weighted by Crippen LogP contribution is -2.34. The molecule has 18 heavy (non-hydrogen) atoms. The molecule has 1 fully saturated rings. The molecule has 1 aromatic carbocycles. The minimum atomic E-state index is -4.49. The predicted molar refractivity (Wildman–Crippen MR) is 60.8 cm³/mol. The zero-order valence-electron chi connectivity index (χ0n) is 10.0. The molecule has 1 nitrogen and oxygen atoms in total. The molecule has 0 radical (unpaired) electrons. The zero-order valence-corrected chi connectivity index (χ0v) is 10.0. The Hall–Kier alpha value is -1.10. The van der Waals surface area contributed by atoms with Crippen LogP contribution in [0.5, 0.6) is 0 Å². The van der Waals surface area contributed by atoms with Crippen LogP contribution >= 0.6 is 0 Å². The number of hydrogen-bond acceptors (Lipinski definition) is 1. The smallest absolute Gasteiger partial charge is 0.316 e. The van der Waals surface area contributed by atoms with Gasteiger partial charge in [-0.15, -0.1) is 0 Å². The molecule has 1 aliphatic heterocycles. The second-order valence-corrected chi connectivity index (χ2v) is 4.81. The summed E-state index contributed by atoms with van der Waals surface area (Å²) in [5, 5.41) is 3.19. The van der Waals surface area contributed by atoms with Gasteiger partial charge in [-0.2, -0.15) is 13.2 Å². The quantitative estimate of drug-likeness (QED) is 0.762. The Balaban J connectivity index is 2.29. The highest BCUT2D eigenvalue weighted by atomic mass is 19.4. The first-order valence-electron chi connectivity index (χ1n) is 5.97. The number of rotatable bonds is 1. The van der Waals surface area contributed by atoms with Gasteiger partial charge in [0.2, 0.25) is 0 Å². The van der Waals surface area contributed by atoms with Gasteiger partial charge >= 0.3 is 6.18 Å². The van der Waals surface area contributed by atoms with Crippen molar-refractivity contribution >= 4 is 0 Å². The molecule has 5 heteroatoms. The molecule has 100 valence electrons. The number of halogens is 4. The number of piperidine rings is 1. The predicted octanol–water partition coefficient (Wildman–Crippen LogP) is 3.56. The summed E-state index contributed by atoms with van der Waals surface area (Å²) in [6.45, 7) is 3.52. The van der Waals surface area contributed by atoms with Gasteiger partial charge in [-0.05, 0) is 49.0 Å². The van der Waals surface area contributed by atoms with Crippen molar-refractivity contribution < 1.29 is 17.6 Å². The van der Waals surface area contributed by atoms with Crippen molar-refractivity contribution in [3.05, 3.63) is 35.1 Å². The first kappa shape index (κ1) is 13.3.